The minimum atomic E-state index is -0.316. The fourth-order valence-corrected chi connectivity index (χ4v) is 1.40. The van der Waals surface area contributed by atoms with Gasteiger partial charge in [0.25, 0.3) is 0 Å². The fourth-order valence-electron chi connectivity index (χ4n) is 0.280. The highest BCUT2D eigenvalue weighted by molar-refractivity contribution is 9.23. The lowest BCUT2D eigenvalue weighted by Gasteiger charge is -2.00. The second kappa shape index (κ2) is 4.81. The van der Waals surface area contributed by atoms with Crippen molar-refractivity contribution in [2.75, 3.05) is 6.61 Å². The van der Waals surface area contributed by atoms with Gasteiger partial charge in [0.05, 0.1) is 0 Å². The van der Waals surface area contributed by atoms with E-state index in [1.807, 2.05) is 0 Å². The van der Waals surface area contributed by atoms with E-state index < -0.39 is 0 Å². The van der Waals surface area contributed by atoms with Gasteiger partial charge in [-0.3, -0.25) is 0 Å². The van der Waals surface area contributed by atoms with E-state index in [0.29, 0.717) is 5.92 Å². The first kappa shape index (κ1) is 7.66. The monoisotopic (exact) mass is 182 g/mol. The third-order valence-corrected chi connectivity index (χ3v) is 1.89. The van der Waals surface area contributed by atoms with Crippen LogP contribution in [-0.4, -0.2) is 15.0 Å². The highest BCUT2D eigenvalue weighted by Gasteiger charge is 1.88. The summed E-state index contributed by atoms with van der Waals surface area (Å²) < 4.78 is 5.15. The molecule has 3 heteroatoms. The Labute approximate surface area is 55.0 Å². The van der Waals surface area contributed by atoms with E-state index in [1.54, 1.807) is 0 Å². The van der Waals surface area contributed by atoms with Gasteiger partial charge in [-0.1, -0.05) is 29.1 Å². The molecule has 7 heavy (non-hydrogen) atoms. The number of rotatable bonds is 3. The molecule has 0 aliphatic carbocycles. The molecule has 0 unspecified atom stereocenters. The lowest BCUT2D eigenvalue weighted by atomic mass is 10.2. The van der Waals surface area contributed by atoms with E-state index in [-0.39, 0.29) is 8.38 Å². The molecule has 0 amide bonds. The van der Waals surface area contributed by atoms with Crippen LogP contribution >= 0.6 is 15.3 Å². The largest absolute Gasteiger partial charge is 0.412 e. The molecule has 0 fully saturated rings. The first-order valence-electron chi connectivity index (χ1n) is 2.41. The van der Waals surface area contributed by atoms with Crippen LogP contribution in [0.2, 0.25) is 0 Å². The van der Waals surface area contributed by atoms with Gasteiger partial charge in [0, 0.05) is 6.61 Å². The van der Waals surface area contributed by atoms with E-state index in [2.05, 4.69) is 29.1 Å². The Kier molecular flexibility index (Phi) is 5.26. The van der Waals surface area contributed by atoms with Gasteiger partial charge < -0.3 is 4.43 Å². The van der Waals surface area contributed by atoms with Crippen molar-refractivity contribution in [2.24, 2.45) is 5.92 Å². The molecule has 0 heterocycles. The van der Waals surface area contributed by atoms with Crippen LogP contribution in [0.15, 0.2) is 0 Å². The second-order valence-corrected chi connectivity index (χ2v) is 3.87. The summed E-state index contributed by atoms with van der Waals surface area (Å²) in [5, 5.41) is 0. The predicted octanol–water partition coefficient (Wildman–Crippen LogP) is 1.05. The third kappa shape index (κ3) is 6.66. The number of hydrogen-bond donors (Lipinski definition) is 0. The summed E-state index contributed by atoms with van der Waals surface area (Å²) in [6.07, 6.45) is 0. The maximum atomic E-state index is 5.15. The van der Waals surface area contributed by atoms with Crippen LogP contribution in [0.3, 0.4) is 0 Å². The zero-order valence-electron chi connectivity index (χ0n) is 4.78. The number of hydrogen-bond acceptors (Lipinski definition) is 1. The van der Waals surface area contributed by atoms with Gasteiger partial charge in [0.1, 0.15) is 0 Å². The quantitative estimate of drug-likeness (QED) is 0.469. The zero-order valence-corrected chi connectivity index (χ0v) is 7.78. The molecule has 0 spiro atoms. The standard InChI is InChI=1S/C4H11BrOSi/c1-4(2)3-6-7-5/h4H,3,7H2,1-2H3. The minimum Gasteiger partial charge on any atom is -0.412 e. The highest BCUT2D eigenvalue weighted by Crippen LogP contribution is 1.91. The topological polar surface area (TPSA) is 9.23 Å². The van der Waals surface area contributed by atoms with Gasteiger partial charge >= 0.3 is 0 Å². The molecular formula is C4H11BrOSi. The molecule has 1 nitrogen and oxygen atoms in total. The average molecular weight is 183 g/mol. The van der Waals surface area contributed by atoms with Crippen molar-refractivity contribution < 1.29 is 4.43 Å². The van der Waals surface area contributed by atoms with E-state index in [0.717, 1.165) is 6.61 Å². The van der Waals surface area contributed by atoms with Crippen molar-refractivity contribution in [1.82, 2.24) is 0 Å². The van der Waals surface area contributed by atoms with E-state index >= 15 is 0 Å². The summed E-state index contributed by atoms with van der Waals surface area (Å²) in [5.74, 6) is 0.685. The fraction of sp³-hybridized carbons (Fsp3) is 1.00. The molecule has 0 N–H and O–H groups in total. The van der Waals surface area contributed by atoms with Gasteiger partial charge in [-0.05, 0) is 5.92 Å². The first-order valence-corrected chi connectivity index (χ1v) is 6.88. The number of halogens is 1. The van der Waals surface area contributed by atoms with Crippen LogP contribution in [0, 0.1) is 5.92 Å². The lowest BCUT2D eigenvalue weighted by Crippen LogP contribution is -2.00. The minimum absolute atomic E-state index is 0.316. The SMILES string of the molecule is CC(C)CO[SiH2]Br. The summed E-state index contributed by atoms with van der Waals surface area (Å²) in [7, 11) is -0.316. The molecule has 0 aromatic carbocycles. The Hall–Kier alpha value is 0.657. The Morgan fingerprint density at radius 1 is 1.71 bits per heavy atom. The molecule has 0 aliphatic heterocycles. The predicted molar refractivity (Wildman–Crippen MR) is 38.3 cm³/mol. The summed E-state index contributed by atoms with van der Waals surface area (Å²) in [6, 6.07) is 0. The van der Waals surface area contributed by atoms with Crippen molar-refractivity contribution in [3.63, 3.8) is 0 Å². The van der Waals surface area contributed by atoms with E-state index in [1.165, 1.54) is 0 Å². The van der Waals surface area contributed by atoms with Crippen molar-refractivity contribution >= 4 is 23.7 Å². The van der Waals surface area contributed by atoms with Crippen molar-refractivity contribution in [2.45, 2.75) is 13.8 Å². The van der Waals surface area contributed by atoms with Gasteiger partial charge in [0.15, 0.2) is 0 Å². The molecule has 44 valence electrons. The van der Waals surface area contributed by atoms with Crippen LogP contribution in [0.5, 0.6) is 0 Å². The van der Waals surface area contributed by atoms with Crippen molar-refractivity contribution in [3.8, 4) is 0 Å². The van der Waals surface area contributed by atoms with Crippen LogP contribution in [0.1, 0.15) is 13.8 Å². The summed E-state index contributed by atoms with van der Waals surface area (Å²) in [6.45, 7) is 5.21. The smallest absolute Gasteiger partial charge is 0.232 e. The van der Waals surface area contributed by atoms with E-state index in [9.17, 15) is 0 Å². The Morgan fingerprint density at radius 3 is 2.43 bits per heavy atom. The third-order valence-electron chi connectivity index (χ3n) is 0.528. The molecule has 0 radical (unpaired) electrons. The van der Waals surface area contributed by atoms with Crippen LogP contribution < -0.4 is 0 Å². The molecule has 0 atom stereocenters. The van der Waals surface area contributed by atoms with E-state index in [4.69, 9.17) is 4.43 Å². The van der Waals surface area contributed by atoms with Gasteiger partial charge in [0.2, 0.25) is 8.38 Å². The summed E-state index contributed by atoms with van der Waals surface area (Å²) >= 11 is 3.29. The summed E-state index contributed by atoms with van der Waals surface area (Å²) in [5.41, 5.74) is 0. The normalized spacial score (nSPS) is 12.0. The van der Waals surface area contributed by atoms with Crippen LogP contribution in [-0.2, 0) is 4.43 Å². The van der Waals surface area contributed by atoms with Crippen LogP contribution in [0.4, 0.5) is 0 Å². The lowest BCUT2D eigenvalue weighted by molar-refractivity contribution is 0.293. The Balaban J connectivity index is 2.68. The first-order chi connectivity index (χ1) is 3.27. The highest BCUT2D eigenvalue weighted by atomic mass is 79.9. The second-order valence-electron chi connectivity index (χ2n) is 1.87. The molecule has 0 aromatic heterocycles. The maximum absolute atomic E-state index is 5.15. The Bertz CT molecular complexity index is 40.7. The Morgan fingerprint density at radius 2 is 2.29 bits per heavy atom. The van der Waals surface area contributed by atoms with Gasteiger partial charge in [-0.2, -0.15) is 0 Å². The molecule has 0 aromatic rings. The van der Waals surface area contributed by atoms with Crippen molar-refractivity contribution in [1.29, 1.82) is 0 Å². The molecular weight excluding hydrogens is 172 g/mol. The van der Waals surface area contributed by atoms with Crippen molar-refractivity contribution in [3.05, 3.63) is 0 Å². The van der Waals surface area contributed by atoms with Gasteiger partial charge in [-0.15, -0.1) is 0 Å². The van der Waals surface area contributed by atoms with Gasteiger partial charge in [-0.25, -0.2) is 0 Å². The molecule has 0 saturated heterocycles. The molecule has 0 saturated carbocycles. The summed E-state index contributed by atoms with van der Waals surface area (Å²) in [4.78, 5) is 0. The average Bonchev–Trinajstić information content (AvgIpc) is 1.61. The molecule has 0 rings (SSSR count). The zero-order chi connectivity index (χ0) is 5.70. The maximum Gasteiger partial charge on any atom is 0.232 e. The molecule has 0 aliphatic rings. The molecule has 0 bridgehead atoms. The van der Waals surface area contributed by atoms with Crippen LogP contribution in [0.25, 0.3) is 0 Å².